The number of nitrogens with one attached hydrogen (secondary N) is 2. The molecule has 0 unspecified atom stereocenters. The van der Waals surface area contributed by atoms with Crippen molar-refractivity contribution in [3.8, 4) is 0 Å². The molecule has 2 fully saturated rings. The summed E-state index contributed by atoms with van der Waals surface area (Å²) in [6.45, 7) is 2.32. The molecule has 2 aliphatic rings. The van der Waals surface area contributed by atoms with Gasteiger partial charge in [-0.1, -0.05) is 30.3 Å². The van der Waals surface area contributed by atoms with Gasteiger partial charge in [-0.15, -0.1) is 12.4 Å². The zero-order valence-corrected chi connectivity index (χ0v) is 12.9. The van der Waals surface area contributed by atoms with Crippen LogP contribution in [0.5, 0.6) is 0 Å². The molecule has 1 aromatic carbocycles. The van der Waals surface area contributed by atoms with Gasteiger partial charge in [0, 0.05) is 25.0 Å². The van der Waals surface area contributed by atoms with E-state index in [-0.39, 0.29) is 24.2 Å². The number of rotatable bonds is 3. The number of halogens is 1. The van der Waals surface area contributed by atoms with Crippen molar-refractivity contribution in [1.29, 1.82) is 0 Å². The van der Waals surface area contributed by atoms with Crippen LogP contribution >= 0.6 is 12.4 Å². The third kappa shape index (κ3) is 4.19. The lowest BCUT2D eigenvalue weighted by Crippen LogP contribution is -2.53. The van der Waals surface area contributed by atoms with E-state index >= 15 is 0 Å². The van der Waals surface area contributed by atoms with Crippen molar-refractivity contribution in [3.63, 3.8) is 0 Å². The first-order chi connectivity index (χ1) is 9.83. The Balaban J connectivity index is 0.00000161. The van der Waals surface area contributed by atoms with Crippen LogP contribution in [0.15, 0.2) is 30.3 Å². The number of carbonyl (C=O) groups is 1. The van der Waals surface area contributed by atoms with E-state index in [0.29, 0.717) is 18.7 Å². The summed E-state index contributed by atoms with van der Waals surface area (Å²) in [7, 11) is 0. The van der Waals surface area contributed by atoms with Gasteiger partial charge in [0.15, 0.2) is 0 Å². The first kappa shape index (κ1) is 16.3. The van der Waals surface area contributed by atoms with Gasteiger partial charge in [-0.3, -0.25) is 4.79 Å². The second kappa shape index (κ2) is 7.78. The maximum Gasteiger partial charge on any atom is 0.223 e. The number of amides is 1. The lowest BCUT2D eigenvalue weighted by atomic mass is 9.82. The van der Waals surface area contributed by atoms with Gasteiger partial charge in [0.05, 0.1) is 12.7 Å². The Bertz CT molecular complexity index is 455. The summed E-state index contributed by atoms with van der Waals surface area (Å²) in [4.78, 5) is 12.3. The second-order valence-electron chi connectivity index (χ2n) is 5.68. The summed E-state index contributed by atoms with van der Waals surface area (Å²) in [5.41, 5.74) is 1.15. The molecule has 0 aromatic heterocycles. The Morgan fingerprint density at radius 2 is 2.10 bits per heavy atom. The van der Waals surface area contributed by atoms with Crippen LogP contribution in [0.1, 0.15) is 24.8 Å². The summed E-state index contributed by atoms with van der Waals surface area (Å²) in [6, 6.07) is 10.4. The predicted octanol–water partition coefficient (Wildman–Crippen LogP) is 1.88. The van der Waals surface area contributed by atoms with Gasteiger partial charge in [0.1, 0.15) is 0 Å². The molecular formula is C16H23ClN2O2. The Morgan fingerprint density at radius 1 is 1.29 bits per heavy atom. The van der Waals surface area contributed by atoms with Crippen LogP contribution in [0.3, 0.4) is 0 Å². The smallest absolute Gasteiger partial charge is 0.223 e. The fourth-order valence-electron chi connectivity index (χ4n) is 3.18. The molecule has 1 amide bonds. The van der Waals surface area contributed by atoms with Crippen LogP contribution in [0.2, 0.25) is 0 Å². The first-order valence-corrected chi connectivity index (χ1v) is 7.49. The van der Waals surface area contributed by atoms with Crippen LogP contribution in [0.25, 0.3) is 0 Å². The molecule has 21 heavy (non-hydrogen) atoms. The average Bonchev–Trinajstić information content (AvgIpc) is 2.53. The molecule has 5 heteroatoms. The number of benzene rings is 1. The molecule has 2 N–H and O–H groups in total. The molecule has 1 saturated heterocycles. The largest absolute Gasteiger partial charge is 0.375 e. The van der Waals surface area contributed by atoms with Gasteiger partial charge >= 0.3 is 0 Å². The van der Waals surface area contributed by atoms with Gasteiger partial charge in [0.2, 0.25) is 5.91 Å². The van der Waals surface area contributed by atoms with Gasteiger partial charge in [-0.05, 0) is 24.8 Å². The number of carbonyl (C=O) groups excluding carboxylic acids is 1. The van der Waals surface area contributed by atoms with Crippen molar-refractivity contribution >= 4 is 18.3 Å². The lowest BCUT2D eigenvalue weighted by Gasteiger charge is -2.39. The first-order valence-electron chi connectivity index (χ1n) is 7.49. The predicted molar refractivity (Wildman–Crippen MR) is 84.4 cm³/mol. The van der Waals surface area contributed by atoms with E-state index in [2.05, 4.69) is 10.6 Å². The van der Waals surface area contributed by atoms with Crippen molar-refractivity contribution in [2.24, 2.45) is 5.92 Å². The summed E-state index contributed by atoms with van der Waals surface area (Å²) in [5, 5.41) is 6.53. The summed E-state index contributed by atoms with van der Waals surface area (Å²) < 4.78 is 5.75. The van der Waals surface area contributed by atoms with Crippen molar-refractivity contribution in [2.45, 2.75) is 38.0 Å². The SMILES string of the molecule is Cl.O=C(NCc1ccccc1)[C@H]1CC[C@H]2OCCN[C@@H]2C1. The normalized spacial score (nSPS) is 28.1. The Hall–Kier alpha value is -1.10. The maximum absolute atomic E-state index is 12.3. The highest BCUT2D eigenvalue weighted by atomic mass is 35.5. The zero-order chi connectivity index (χ0) is 13.8. The molecule has 0 radical (unpaired) electrons. The number of hydrogen-bond donors (Lipinski definition) is 2. The number of fused-ring (bicyclic) bond motifs is 1. The maximum atomic E-state index is 12.3. The molecule has 116 valence electrons. The Labute approximate surface area is 132 Å². The molecule has 3 atom stereocenters. The molecule has 1 aliphatic heterocycles. The van der Waals surface area contributed by atoms with Gasteiger partial charge < -0.3 is 15.4 Å². The Kier molecular flexibility index (Phi) is 6.03. The molecule has 1 saturated carbocycles. The Morgan fingerprint density at radius 3 is 2.90 bits per heavy atom. The molecule has 3 rings (SSSR count). The van der Waals surface area contributed by atoms with E-state index in [4.69, 9.17) is 4.74 Å². The minimum absolute atomic E-state index is 0. The minimum Gasteiger partial charge on any atom is -0.375 e. The van der Waals surface area contributed by atoms with E-state index < -0.39 is 0 Å². The van der Waals surface area contributed by atoms with E-state index in [1.54, 1.807) is 0 Å². The number of ether oxygens (including phenoxy) is 1. The molecule has 0 spiro atoms. The molecule has 1 heterocycles. The minimum atomic E-state index is 0. The third-order valence-corrected chi connectivity index (χ3v) is 4.31. The van der Waals surface area contributed by atoms with Gasteiger partial charge in [-0.2, -0.15) is 0 Å². The molecule has 4 nitrogen and oxygen atoms in total. The molecule has 0 bridgehead atoms. The van der Waals surface area contributed by atoms with Gasteiger partial charge in [-0.25, -0.2) is 0 Å². The quantitative estimate of drug-likeness (QED) is 0.896. The zero-order valence-electron chi connectivity index (χ0n) is 12.1. The highest BCUT2D eigenvalue weighted by Crippen LogP contribution is 2.28. The summed E-state index contributed by atoms with van der Waals surface area (Å²) in [5.74, 6) is 0.300. The molecule has 1 aliphatic carbocycles. The second-order valence-corrected chi connectivity index (χ2v) is 5.68. The van der Waals surface area contributed by atoms with E-state index in [1.807, 2.05) is 30.3 Å². The highest BCUT2D eigenvalue weighted by Gasteiger charge is 2.35. The monoisotopic (exact) mass is 310 g/mol. The van der Waals surface area contributed by atoms with Crippen LogP contribution in [-0.4, -0.2) is 31.2 Å². The number of hydrogen-bond acceptors (Lipinski definition) is 3. The molecule has 1 aromatic rings. The summed E-state index contributed by atoms with van der Waals surface area (Å²) in [6.07, 6.45) is 3.12. The fourth-order valence-corrected chi connectivity index (χ4v) is 3.18. The van der Waals surface area contributed by atoms with Crippen LogP contribution < -0.4 is 10.6 Å². The average molecular weight is 311 g/mol. The van der Waals surface area contributed by atoms with Crippen molar-refractivity contribution in [1.82, 2.24) is 10.6 Å². The third-order valence-electron chi connectivity index (χ3n) is 4.31. The van der Waals surface area contributed by atoms with Crippen molar-refractivity contribution in [2.75, 3.05) is 13.2 Å². The van der Waals surface area contributed by atoms with Crippen LogP contribution in [-0.2, 0) is 16.1 Å². The van der Waals surface area contributed by atoms with Crippen molar-refractivity contribution < 1.29 is 9.53 Å². The summed E-state index contributed by atoms with van der Waals surface area (Å²) >= 11 is 0. The fraction of sp³-hybridized carbons (Fsp3) is 0.562. The van der Waals surface area contributed by atoms with E-state index in [9.17, 15) is 4.79 Å². The van der Waals surface area contributed by atoms with Gasteiger partial charge in [0.25, 0.3) is 0 Å². The topological polar surface area (TPSA) is 50.4 Å². The molecular weight excluding hydrogens is 288 g/mol. The van der Waals surface area contributed by atoms with E-state index in [0.717, 1.165) is 38.0 Å². The highest BCUT2D eigenvalue weighted by molar-refractivity contribution is 5.85. The van der Waals surface area contributed by atoms with Crippen molar-refractivity contribution in [3.05, 3.63) is 35.9 Å². The van der Waals surface area contributed by atoms with Crippen LogP contribution in [0, 0.1) is 5.92 Å². The van der Waals surface area contributed by atoms with E-state index in [1.165, 1.54) is 0 Å². The lowest BCUT2D eigenvalue weighted by molar-refractivity contribution is -0.128. The number of morpholine rings is 1. The standard InChI is InChI=1S/C16H22N2O2.ClH/c19-16(18-11-12-4-2-1-3-5-12)13-6-7-15-14(10-13)17-8-9-20-15;/h1-5,13-15,17H,6-11H2,(H,18,19);1H/t13-,14+,15+;/m0./s1. The van der Waals surface area contributed by atoms with Crippen LogP contribution in [0.4, 0.5) is 0 Å².